The van der Waals surface area contributed by atoms with Crippen molar-refractivity contribution in [2.45, 2.75) is 44.3 Å². The van der Waals surface area contributed by atoms with Crippen molar-refractivity contribution >= 4 is 23.4 Å². The summed E-state index contributed by atoms with van der Waals surface area (Å²) in [6.45, 7) is 3.33. The van der Waals surface area contributed by atoms with E-state index in [4.69, 9.17) is 27.3 Å². The molecular weight excluding hydrogens is 433 g/mol. The van der Waals surface area contributed by atoms with Crippen LogP contribution in [0.3, 0.4) is 0 Å². The molecule has 0 aliphatic carbocycles. The van der Waals surface area contributed by atoms with Gasteiger partial charge < -0.3 is 10.5 Å². The molecule has 0 bridgehead atoms. The van der Waals surface area contributed by atoms with Crippen LogP contribution in [-0.2, 0) is 16.7 Å². The molecule has 1 atom stereocenters. The van der Waals surface area contributed by atoms with Gasteiger partial charge in [-0.1, -0.05) is 17.7 Å². The van der Waals surface area contributed by atoms with E-state index in [2.05, 4.69) is 9.98 Å². The maximum Gasteiger partial charge on any atom is 0.315 e. The average Bonchev–Trinajstić information content (AvgIpc) is 2.67. The minimum atomic E-state index is -3.63. The molecule has 0 saturated heterocycles. The molecule has 1 aliphatic rings. The lowest BCUT2D eigenvalue weighted by Gasteiger charge is -2.46. The molecule has 6 nitrogen and oxygen atoms in total. The summed E-state index contributed by atoms with van der Waals surface area (Å²) in [5.41, 5.74) is 1.10. The van der Waals surface area contributed by atoms with Gasteiger partial charge in [0.05, 0.1) is 10.6 Å². The number of carbonyl (C=O) groups excluding carboxylic acids is 1. The van der Waals surface area contributed by atoms with Gasteiger partial charge in [0.15, 0.2) is 16.9 Å². The number of halogens is 4. The number of nitrogens with zero attached hydrogens (tertiary/aromatic N) is 3. The molecule has 2 N–H and O–H groups in total. The van der Waals surface area contributed by atoms with Crippen molar-refractivity contribution in [1.29, 1.82) is 5.26 Å². The number of nitrogens with two attached hydrogens (primary N) is 1. The molecule has 2 heterocycles. The third-order valence-electron chi connectivity index (χ3n) is 5.22. The molecule has 3 rings (SSSR count). The molecule has 162 valence electrons. The number of hydrogen-bond acceptors (Lipinski definition) is 6. The Balaban J connectivity index is 2.02. The molecule has 0 spiro atoms. The molecule has 1 aromatic carbocycles. The highest BCUT2D eigenvalue weighted by Gasteiger charge is 2.66. The molecule has 1 aliphatic heterocycles. The lowest BCUT2D eigenvalue weighted by molar-refractivity contribution is -0.207. The van der Waals surface area contributed by atoms with Gasteiger partial charge in [-0.15, -0.1) is 0 Å². The number of hydrogen-bond donors (Lipinski definition) is 1. The van der Waals surface area contributed by atoms with Crippen LogP contribution < -0.4 is 5.73 Å². The normalized spacial score (nSPS) is 21.5. The van der Waals surface area contributed by atoms with Gasteiger partial charge in [-0.2, -0.15) is 14.0 Å². The monoisotopic (exact) mass is 450 g/mol. The van der Waals surface area contributed by atoms with E-state index >= 15 is 8.78 Å². The Kier molecular flexibility index (Phi) is 5.48. The van der Waals surface area contributed by atoms with Gasteiger partial charge in [0, 0.05) is 18.2 Å². The second-order valence-electron chi connectivity index (χ2n) is 7.79. The summed E-state index contributed by atoms with van der Waals surface area (Å²) in [5, 5.41) is 8.85. The van der Waals surface area contributed by atoms with E-state index in [-0.39, 0.29) is 28.3 Å². The fraction of sp³-hybridized carbons (Fsp3) is 0.333. The first kappa shape index (κ1) is 22.6. The van der Waals surface area contributed by atoms with Gasteiger partial charge in [-0.25, -0.2) is 9.38 Å². The van der Waals surface area contributed by atoms with Crippen LogP contribution in [0.5, 0.6) is 0 Å². The van der Waals surface area contributed by atoms with Gasteiger partial charge in [0.2, 0.25) is 0 Å². The van der Waals surface area contributed by atoms with Crippen LogP contribution in [0.15, 0.2) is 35.5 Å². The lowest BCUT2D eigenvalue weighted by atomic mass is 9.76. The lowest BCUT2D eigenvalue weighted by Crippen LogP contribution is -2.62. The van der Waals surface area contributed by atoms with E-state index in [9.17, 15) is 9.18 Å². The Hall–Kier alpha value is -3.12. The largest absolute Gasteiger partial charge is 0.453 e. The van der Waals surface area contributed by atoms with Crippen molar-refractivity contribution in [3.63, 3.8) is 0 Å². The first-order chi connectivity index (χ1) is 14.3. The van der Waals surface area contributed by atoms with Gasteiger partial charge in [0.25, 0.3) is 6.02 Å². The number of pyridine rings is 1. The van der Waals surface area contributed by atoms with Crippen molar-refractivity contribution in [1.82, 2.24) is 4.98 Å². The minimum Gasteiger partial charge on any atom is -0.453 e. The molecule has 1 aromatic heterocycles. The fourth-order valence-corrected chi connectivity index (χ4v) is 3.75. The SMILES string of the molecule is CC1(C)OC(N)=N[C@@](C)(c2cc(CC(=O)c3ncc(C#N)cc3Cl)ccc2F)C1(F)F. The van der Waals surface area contributed by atoms with E-state index in [0.29, 0.717) is 0 Å². The minimum absolute atomic E-state index is 0.0200. The molecule has 0 radical (unpaired) electrons. The number of carbonyl (C=O) groups is 1. The third-order valence-corrected chi connectivity index (χ3v) is 5.50. The van der Waals surface area contributed by atoms with E-state index in [1.165, 1.54) is 18.3 Å². The highest BCUT2D eigenvalue weighted by atomic mass is 35.5. The number of ketones is 1. The van der Waals surface area contributed by atoms with E-state index < -0.39 is 40.2 Å². The van der Waals surface area contributed by atoms with Gasteiger partial charge in [-0.05, 0) is 44.5 Å². The van der Waals surface area contributed by atoms with Gasteiger partial charge >= 0.3 is 5.92 Å². The summed E-state index contributed by atoms with van der Waals surface area (Å²) in [6.07, 6.45) is 0.908. The Morgan fingerprint density at radius 1 is 1.29 bits per heavy atom. The van der Waals surface area contributed by atoms with Crippen molar-refractivity contribution in [2.75, 3.05) is 0 Å². The molecule has 0 amide bonds. The maximum atomic E-state index is 15.3. The number of benzene rings is 1. The number of alkyl halides is 2. The predicted octanol–water partition coefficient (Wildman–Crippen LogP) is 4.15. The van der Waals surface area contributed by atoms with Crippen molar-refractivity contribution in [3.8, 4) is 6.07 Å². The standard InChI is InChI=1S/C21H18ClF3N4O2/c1-19(2)21(24,25)20(3,29-18(27)31-19)13-6-11(4-5-15(13)23)8-16(30)17-14(22)7-12(9-26)10-28-17/h4-7,10H,8H2,1-3H3,(H2,27,29)/t20-/m0/s1. The van der Waals surface area contributed by atoms with Crippen LogP contribution in [0.25, 0.3) is 0 Å². The van der Waals surface area contributed by atoms with E-state index in [0.717, 1.165) is 32.9 Å². The second-order valence-corrected chi connectivity index (χ2v) is 8.20. The van der Waals surface area contributed by atoms with Crippen LogP contribution in [0, 0.1) is 17.1 Å². The molecule has 0 unspecified atom stereocenters. The maximum absolute atomic E-state index is 15.3. The fourth-order valence-electron chi connectivity index (χ4n) is 3.48. The van der Waals surface area contributed by atoms with E-state index in [1.807, 2.05) is 6.07 Å². The summed E-state index contributed by atoms with van der Waals surface area (Å²) in [6, 6.07) is 6.09. The van der Waals surface area contributed by atoms with Crippen molar-refractivity contribution in [3.05, 3.63) is 63.7 Å². The van der Waals surface area contributed by atoms with Crippen LogP contribution in [0.2, 0.25) is 5.02 Å². The topological polar surface area (TPSA) is 101 Å². The number of rotatable bonds is 4. The van der Waals surface area contributed by atoms with Crippen LogP contribution in [-0.4, -0.2) is 28.3 Å². The summed E-state index contributed by atoms with van der Waals surface area (Å²) < 4.78 is 50.2. The number of Topliss-reactive ketones (excluding diaryl/α,β-unsaturated/α-hetero) is 1. The molecule has 0 saturated carbocycles. The van der Waals surface area contributed by atoms with Crippen LogP contribution in [0.1, 0.15) is 48.0 Å². The Bertz CT molecular complexity index is 1140. The van der Waals surface area contributed by atoms with Crippen LogP contribution >= 0.6 is 11.6 Å². The van der Waals surface area contributed by atoms with Crippen molar-refractivity contribution < 1.29 is 22.7 Å². The highest BCUT2D eigenvalue weighted by molar-refractivity contribution is 6.33. The van der Waals surface area contributed by atoms with Crippen LogP contribution in [0.4, 0.5) is 13.2 Å². The van der Waals surface area contributed by atoms with Crippen molar-refractivity contribution in [2.24, 2.45) is 10.7 Å². The molecular formula is C21H18ClF3N4O2. The molecule has 31 heavy (non-hydrogen) atoms. The van der Waals surface area contributed by atoms with Gasteiger partial charge in [0.1, 0.15) is 17.6 Å². The third kappa shape index (κ3) is 3.72. The zero-order valence-electron chi connectivity index (χ0n) is 16.8. The molecule has 0 fully saturated rings. The number of aliphatic imine (C=N–C) groups is 1. The number of ether oxygens (including phenoxy) is 1. The quantitative estimate of drug-likeness (QED) is 0.705. The number of amidine groups is 1. The average molecular weight is 451 g/mol. The Morgan fingerprint density at radius 3 is 2.58 bits per heavy atom. The second kappa shape index (κ2) is 7.54. The highest BCUT2D eigenvalue weighted by Crippen LogP contribution is 2.51. The smallest absolute Gasteiger partial charge is 0.315 e. The summed E-state index contributed by atoms with van der Waals surface area (Å²) in [5.74, 6) is -5.09. The zero-order valence-corrected chi connectivity index (χ0v) is 17.6. The van der Waals surface area contributed by atoms with Gasteiger partial charge in [-0.3, -0.25) is 9.78 Å². The predicted molar refractivity (Wildman–Crippen MR) is 107 cm³/mol. The van der Waals surface area contributed by atoms with E-state index in [1.54, 1.807) is 0 Å². The molecule has 10 heteroatoms. The summed E-state index contributed by atoms with van der Waals surface area (Å²) >= 11 is 6.02. The Morgan fingerprint density at radius 2 is 1.97 bits per heavy atom. The first-order valence-electron chi connectivity index (χ1n) is 9.12. The first-order valence-corrected chi connectivity index (χ1v) is 9.50. The Labute approximate surface area is 181 Å². The number of aromatic nitrogens is 1. The summed E-state index contributed by atoms with van der Waals surface area (Å²) in [4.78, 5) is 20.3. The summed E-state index contributed by atoms with van der Waals surface area (Å²) in [7, 11) is 0. The molecule has 2 aromatic rings. The zero-order chi connectivity index (χ0) is 23.2. The number of nitriles is 1.